The molecular formula is C19H22F3N3O3S. The molecule has 3 rings (SSSR count). The van der Waals surface area contributed by atoms with Crippen LogP contribution in [0.5, 0.6) is 0 Å². The minimum atomic E-state index is -5.22. The summed E-state index contributed by atoms with van der Waals surface area (Å²) in [6, 6.07) is 4.96. The lowest BCUT2D eigenvalue weighted by Gasteiger charge is -2.17. The predicted molar refractivity (Wildman–Crippen MR) is 105 cm³/mol. The van der Waals surface area contributed by atoms with Crippen LogP contribution >= 0.6 is 11.8 Å². The molecule has 1 aromatic heterocycles. The Morgan fingerprint density at radius 3 is 2.79 bits per heavy atom. The average Bonchev–Trinajstić information content (AvgIpc) is 2.86. The number of thioether (sulfide) groups is 1. The molecule has 0 radical (unpaired) electrons. The van der Waals surface area contributed by atoms with Gasteiger partial charge in [-0.15, -0.1) is 4.73 Å². The van der Waals surface area contributed by atoms with Gasteiger partial charge in [-0.1, -0.05) is 18.6 Å². The van der Waals surface area contributed by atoms with E-state index in [0.717, 1.165) is 32.1 Å². The number of alkyl halides is 3. The number of benzene rings is 1. The molecule has 1 aliphatic carbocycles. The van der Waals surface area contributed by atoms with Crippen LogP contribution in [0.3, 0.4) is 0 Å². The van der Waals surface area contributed by atoms with Crippen LogP contribution in [-0.4, -0.2) is 33.2 Å². The molecule has 10 heteroatoms. The van der Waals surface area contributed by atoms with Gasteiger partial charge < -0.3 is 10.6 Å². The molecular weight excluding hydrogens is 407 g/mol. The van der Waals surface area contributed by atoms with Crippen molar-refractivity contribution in [3.8, 4) is 0 Å². The third kappa shape index (κ3) is 5.11. The van der Waals surface area contributed by atoms with Crippen LogP contribution in [0.4, 0.5) is 13.2 Å². The fraction of sp³-hybridized carbons (Fsp3) is 0.526. The van der Waals surface area contributed by atoms with Crippen LogP contribution in [0.15, 0.2) is 23.0 Å². The van der Waals surface area contributed by atoms with Crippen LogP contribution < -0.4 is 16.1 Å². The number of para-hydroxylation sites is 1. The van der Waals surface area contributed by atoms with Gasteiger partial charge in [-0.25, -0.2) is 9.78 Å². The van der Waals surface area contributed by atoms with Crippen LogP contribution in [-0.2, 0) is 10.5 Å². The molecule has 0 amide bonds. The highest BCUT2D eigenvalue weighted by Gasteiger charge is 2.42. The lowest BCUT2D eigenvalue weighted by Crippen LogP contribution is -2.40. The van der Waals surface area contributed by atoms with Gasteiger partial charge in [-0.3, -0.25) is 4.79 Å². The monoisotopic (exact) mass is 429 g/mol. The molecule has 0 aliphatic heterocycles. The van der Waals surface area contributed by atoms with Crippen molar-refractivity contribution in [2.24, 2.45) is 5.73 Å². The van der Waals surface area contributed by atoms with Gasteiger partial charge in [-0.05, 0) is 44.2 Å². The molecule has 6 nitrogen and oxygen atoms in total. The fourth-order valence-electron chi connectivity index (χ4n) is 3.36. The number of halogens is 3. The first-order valence-corrected chi connectivity index (χ1v) is 10.4. The average molecular weight is 429 g/mol. The second kappa shape index (κ2) is 8.74. The largest absolute Gasteiger partial charge is 0.493 e. The second-order valence-corrected chi connectivity index (χ2v) is 8.47. The number of carbonyl (C=O) groups is 1. The third-order valence-electron chi connectivity index (χ3n) is 4.94. The van der Waals surface area contributed by atoms with E-state index >= 15 is 0 Å². The number of nitrogens with zero attached hydrogens (tertiary/aromatic N) is 2. The number of nitrogens with two attached hydrogens (primary N) is 1. The van der Waals surface area contributed by atoms with Gasteiger partial charge in [0.2, 0.25) is 0 Å². The highest BCUT2D eigenvalue weighted by atomic mass is 32.2. The predicted octanol–water partition coefficient (Wildman–Crippen LogP) is 3.12. The summed E-state index contributed by atoms with van der Waals surface area (Å²) in [6.45, 7) is 1.75. The van der Waals surface area contributed by atoms with Crippen LogP contribution in [0.25, 0.3) is 10.9 Å². The van der Waals surface area contributed by atoms with E-state index in [2.05, 4.69) is 9.82 Å². The molecule has 158 valence electrons. The molecule has 2 atom stereocenters. The second-order valence-electron chi connectivity index (χ2n) is 7.18. The number of hydrogen-bond donors (Lipinski definition) is 1. The lowest BCUT2D eigenvalue weighted by atomic mass is 10.1. The maximum absolute atomic E-state index is 12.8. The molecule has 2 aromatic rings. The molecule has 1 aliphatic rings. The Hall–Kier alpha value is -2.07. The molecule has 1 aromatic carbocycles. The number of aromatic nitrogens is 2. The lowest BCUT2D eigenvalue weighted by molar-refractivity contribution is -0.200. The number of hydrogen-bond acceptors (Lipinski definition) is 6. The van der Waals surface area contributed by atoms with Crippen molar-refractivity contribution in [1.82, 2.24) is 9.71 Å². The van der Waals surface area contributed by atoms with Crippen molar-refractivity contribution in [2.45, 2.75) is 62.2 Å². The molecule has 0 bridgehead atoms. The number of carbonyl (C=O) groups excluding carboxylic acids is 1. The van der Waals surface area contributed by atoms with Gasteiger partial charge in [-0.2, -0.15) is 24.9 Å². The summed E-state index contributed by atoms with van der Waals surface area (Å²) in [6.07, 6.45) is -0.624. The van der Waals surface area contributed by atoms with E-state index < -0.39 is 17.7 Å². The van der Waals surface area contributed by atoms with Crippen molar-refractivity contribution >= 4 is 28.6 Å². The Balaban J connectivity index is 1.94. The van der Waals surface area contributed by atoms with E-state index in [9.17, 15) is 22.8 Å². The third-order valence-corrected chi connectivity index (χ3v) is 6.31. The maximum atomic E-state index is 12.8. The zero-order chi connectivity index (χ0) is 21.2. The Kier molecular flexibility index (Phi) is 6.52. The summed E-state index contributed by atoms with van der Waals surface area (Å²) in [4.78, 5) is 32.9. The molecule has 0 spiro atoms. The van der Waals surface area contributed by atoms with E-state index in [0.29, 0.717) is 15.8 Å². The molecule has 2 unspecified atom stereocenters. The van der Waals surface area contributed by atoms with Crippen molar-refractivity contribution in [3.63, 3.8) is 0 Å². The molecule has 0 saturated heterocycles. The Bertz CT molecular complexity index is 961. The summed E-state index contributed by atoms with van der Waals surface area (Å²) in [5.74, 6) is -2.34. The van der Waals surface area contributed by atoms with Crippen LogP contribution in [0.2, 0.25) is 0 Å². The summed E-state index contributed by atoms with van der Waals surface area (Å²) in [5, 5.41) is 0.342. The van der Waals surface area contributed by atoms with E-state index in [1.165, 1.54) is 17.8 Å². The van der Waals surface area contributed by atoms with Crippen molar-refractivity contribution in [2.75, 3.05) is 0 Å². The van der Waals surface area contributed by atoms with Gasteiger partial charge in [0.05, 0.1) is 16.7 Å². The van der Waals surface area contributed by atoms with Crippen molar-refractivity contribution in [1.29, 1.82) is 0 Å². The van der Waals surface area contributed by atoms with E-state index in [1.807, 2.05) is 0 Å². The SMILES string of the molecule is Cc1cccc2c(=O)n(OC(=O)C(F)(F)F)c(CSC3CCCC(N)CC3)nc12. The van der Waals surface area contributed by atoms with E-state index in [-0.39, 0.29) is 28.3 Å². The van der Waals surface area contributed by atoms with Gasteiger partial charge in [0, 0.05) is 11.3 Å². The van der Waals surface area contributed by atoms with E-state index in [1.54, 1.807) is 19.1 Å². The standard InChI is InChI=1S/C19H22F3N3O3S/c1-11-4-2-7-14-16(11)24-15(10-29-13-6-3-5-12(23)8-9-13)25(17(14)26)28-18(27)19(20,21)22/h2,4,7,12-13H,3,5-6,8-10,23H2,1H3. The minimum Gasteiger partial charge on any atom is -0.328 e. The minimum absolute atomic E-state index is 0.0204. The van der Waals surface area contributed by atoms with Gasteiger partial charge in [0.15, 0.2) is 5.82 Å². The van der Waals surface area contributed by atoms with Gasteiger partial charge in [0.25, 0.3) is 5.56 Å². The summed E-state index contributed by atoms with van der Waals surface area (Å²) >= 11 is 1.49. The first-order valence-electron chi connectivity index (χ1n) is 9.34. The maximum Gasteiger partial charge on any atom is 0.493 e. The zero-order valence-electron chi connectivity index (χ0n) is 15.9. The Labute approximate surface area is 169 Å². The number of rotatable bonds is 4. The quantitative estimate of drug-likeness (QED) is 0.752. The fourth-order valence-corrected chi connectivity index (χ4v) is 4.56. The van der Waals surface area contributed by atoms with Gasteiger partial charge >= 0.3 is 12.1 Å². The van der Waals surface area contributed by atoms with Crippen LogP contribution in [0.1, 0.15) is 43.5 Å². The molecule has 1 saturated carbocycles. The Morgan fingerprint density at radius 1 is 1.31 bits per heavy atom. The topological polar surface area (TPSA) is 87.2 Å². The smallest absolute Gasteiger partial charge is 0.328 e. The van der Waals surface area contributed by atoms with Crippen molar-refractivity contribution < 1.29 is 22.8 Å². The number of aryl methyl sites for hydroxylation is 1. The van der Waals surface area contributed by atoms with Crippen molar-refractivity contribution in [3.05, 3.63) is 39.9 Å². The molecule has 1 fully saturated rings. The van der Waals surface area contributed by atoms with Crippen LogP contribution in [0, 0.1) is 6.92 Å². The Morgan fingerprint density at radius 2 is 2.07 bits per heavy atom. The number of fused-ring (bicyclic) bond motifs is 1. The first-order chi connectivity index (χ1) is 13.7. The normalized spacial score (nSPS) is 20.4. The highest BCUT2D eigenvalue weighted by Crippen LogP contribution is 2.29. The molecule has 2 N–H and O–H groups in total. The highest BCUT2D eigenvalue weighted by molar-refractivity contribution is 7.99. The summed E-state index contributed by atoms with van der Waals surface area (Å²) in [7, 11) is 0. The summed E-state index contributed by atoms with van der Waals surface area (Å²) in [5.41, 5.74) is 6.25. The van der Waals surface area contributed by atoms with E-state index in [4.69, 9.17) is 5.73 Å². The molecule has 1 heterocycles. The summed E-state index contributed by atoms with van der Waals surface area (Å²) < 4.78 is 38.5. The van der Waals surface area contributed by atoms with Gasteiger partial charge in [0.1, 0.15) is 0 Å². The first kappa shape index (κ1) is 21.6. The zero-order valence-corrected chi connectivity index (χ0v) is 16.7. The molecule has 29 heavy (non-hydrogen) atoms.